The number of aryl methyl sites for hydroxylation is 1. The largest absolute Gasteiger partial charge is 0.573 e. The van der Waals surface area contributed by atoms with Crippen LogP contribution in [0.4, 0.5) is 19.1 Å². The van der Waals surface area contributed by atoms with Crippen LogP contribution in [0, 0.1) is 6.92 Å². The summed E-state index contributed by atoms with van der Waals surface area (Å²) in [5, 5.41) is 0.565. The van der Waals surface area contributed by atoms with Crippen LogP contribution in [-0.2, 0) is 0 Å². The van der Waals surface area contributed by atoms with Crippen molar-refractivity contribution < 1.29 is 22.7 Å². The molecule has 1 aliphatic rings. The van der Waals surface area contributed by atoms with Crippen molar-refractivity contribution in [3.8, 4) is 16.3 Å². The van der Waals surface area contributed by atoms with Crippen molar-refractivity contribution in [2.24, 2.45) is 0 Å². The van der Waals surface area contributed by atoms with Crippen molar-refractivity contribution >= 4 is 23.2 Å². The van der Waals surface area contributed by atoms with Crippen LogP contribution in [0.25, 0.3) is 10.6 Å². The van der Waals surface area contributed by atoms with Crippen molar-refractivity contribution in [3.05, 3.63) is 53.3 Å². The van der Waals surface area contributed by atoms with E-state index in [2.05, 4.69) is 19.7 Å². The first kappa shape index (κ1) is 21.0. The van der Waals surface area contributed by atoms with E-state index in [1.54, 1.807) is 23.4 Å². The third-order valence-electron chi connectivity index (χ3n) is 4.74. The molecule has 0 atom stereocenters. The van der Waals surface area contributed by atoms with E-state index < -0.39 is 6.36 Å². The molecule has 0 bridgehead atoms. The number of anilines is 1. The van der Waals surface area contributed by atoms with Gasteiger partial charge in [-0.1, -0.05) is 0 Å². The van der Waals surface area contributed by atoms with Gasteiger partial charge in [0.2, 0.25) is 5.95 Å². The Kier molecular flexibility index (Phi) is 5.77. The van der Waals surface area contributed by atoms with Crippen LogP contribution in [0.3, 0.4) is 0 Å². The maximum Gasteiger partial charge on any atom is 0.573 e. The molecular weight excluding hydrogens is 431 g/mol. The lowest BCUT2D eigenvalue weighted by atomic mass is 10.2. The highest BCUT2D eigenvalue weighted by Crippen LogP contribution is 2.31. The molecule has 4 rings (SSSR count). The first-order valence-electron chi connectivity index (χ1n) is 9.45. The van der Waals surface area contributed by atoms with E-state index >= 15 is 0 Å². The van der Waals surface area contributed by atoms with Crippen molar-refractivity contribution in [2.45, 2.75) is 13.3 Å². The molecule has 0 N–H and O–H groups in total. The molecular formula is C20H18F3N5O2S. The number of benzene rings is 1. The number of amides is 1. The number of halogens is 3. The van der Waals surface area contributed by atoms with Crippen LogP contribution in [-0.4, -0.2) is 58.3 Å². The lowest BCUT2D eigenvalue weighted by molar-refractivity contribution is -0.274. The fourth-order valence-electron chi connectivity index (χ4n) is 3.23. The zero-order valence-corrected chi connectivity index (χ0v) is 17.3. The van der Waals surface area contributed by atoms with Crippen molar-refractivity contribution in [1.29, 1.82) is 0 Å². The van der Waals surface area contributed by atoms with Crippen LogP contribution in [0.2, 0.25) is 0 Å². The standard InChI is InChI=1S/C20H18F3N5O2S/c1-13-16(18(29)27-9-11-28(12-10-27)19-24-7-2-8-25-19)26-17(31-13)14-3-5-15(6-4-14)30-20(21,22)23/h2-8H,9-12H2,1H3. The van der Waals surface area contributed by atoms with Crippen molar-refractivity contribution in [1.82, 2.24) is 19.9 Å². The Labute approximate surface area is 180 Å². The molecule has 1 aliphatic heterocycles. The highest BCUT2D eigenvalue weighted by atomic mass is 32.1. The molecule has 3 heterocycles. The second-order valence-electron chi connectivity index (χ2n) is 6.82. The van der Waals surface area contributed by atoms with E-state index in [1.165, 1.54) is 35.6 Å². The zero-order chi connectivity index (χ0) is 22.0. The van der Waals surface area contributed by atoms with Gasteiger partial charge in [0.25, 0.3) is 5.91 Å². The lowest BCUT2D eigenvalue weighted by Crippen LogP contribution is -2.49. The Morgan fingerprint density at radius 2 is 1.71 bits per heavy atom. The normalized spacial score (nSPS) is 14.6. The van der Waals surface area contributed by atoms with Gasteiger partial charge in [0.05, 0.1) is 0 Å². The highest BCUT2D eigenvalue weighted by molar-refractivity contribution is 7.15. The van der Waals surface area contributed by atoms with E-state index in [-0.39, 0.29) is 11.7 Å². The quantitative estimate of drug-likeness (QED) is 0.604. The maximum atomic E-state index is 13.0. The molecule has 1 aromatic carbocycles. The van der Waals surface area contributed by atoms with E-state index in [9.17, 15) is 18.0 Å². The Balaban J connectivity index is 1.43. The molecule has 11 heteroatoms. The molecule has 0 spiro atoms. The number of hydrogen-bond donors (Lipinski definition) is 0. The molecule has 3 aromatic rings. The van der Waals surface area contributed by atoms with Gasteiger partial charge < -0.3 is 14.5 Å². The zero-order valence-electron chi connectivity index (χ0n) is 16.5. The van der Waals surface area contributed by atoms with E-state index in [4.69, 9.17) is 0 Å². The second kappa shape index (κ2) is 8.50. The number of hydrogen-bond acceptors (Lipinski definition) is 7. The fraction of sp³-hybridized carbons (Fsp3) is 0.300. The molecule has 0 aliphatic carbocycles. The second-order valence-corrected chi connectivity index (χ2v) is 8.03. The van der Waals surface area contributed by atoms with Crippen LogP contribution >= 0.6 is 11.3 Å². The van der Waals surface area contributed by atoms with Gasteiger partial charge in [0, 0.05) is 49.0 Å². The highest BCUT2D eigenvalue weighted by Gasteiger charge is 2.31. The first-order chi connectivity index (χ1) is 14.8. The summed E-state index contributed by atoms with van der Waals surface area (Å²) in [4.78, 5) is 30.4. The predicted molar refractivity (Wildman–Crippen MR) is 109 cm³/mol. The van der Waals surface area contributed by atoms with E-state index in [1.807, 2.05) is 11.8 Å². The summed E-state index contributed by atoms with van der Waals surface area (Å²) in [7, 11) is 0. The van der Waals surface area contributed by atoms with Gasteiger partial charge in [-0.05, 0) is 37.3 Å². The molecule has 0 radical (unpaired) electrons. The van der Waals surface area contributed by atoms with Gasteiger partial charge in [0.1, 0.15) is 16.5 Å². The summed E-state index contributed by atoms with van der Waals surface area (Å²) < 4.78 is 40.9. The van der Waals surface area contributed by atoms with Crippen LogP contribution < -0.4 is 9.64 Å². The molecule has 31 heavy (non-hydrogen) atoms. The number of thiazole rings is 1. The minimum absolute atomic E-state index is 0.161. The minimum Gasteiger partial charge on any atom is -0.406 e. The summed E-state index contributed by atoms with van der Waals surface area (Å²) >= 11 is 1.32. The molecule has 1 saturated heterocycles. The fourth-order valence-corrected chi connectivity index (χ4v) is 4.14. The molecule has 0 saturated carbocycles. The summed E-state index contributed by atoms with van der Waals surface area (Å²) in [5.74, 6) is 0.173. The van der Waals surface area contributed by atoms with Gasteiger partial charge >= 0.3 is 6.36 Å². The Morgan fingerprint density at radius 1 is 1.06 bits per heavy atom. The summed E-state index contributed by atoms with van der Waals surface area (Å²) in [6, 6.07) is 7.19. The molecule has 7 nitrogen and oxygen atoms in total. The smallest absolute Gasteiger partial charge is 0.406 e. The van der Waals surface area contributed by atoms with Crippen LogP contribution in [0.1, 0.15) is 15.4 Å². The number of alkyl halides is 3. The van der Waals surface area contributed by atoms with Gasteiger partial charge in [-0.3, -0.25) is 4.79 Å². The average molecular weight is 449 g/mol. The Hall–Kier alpha value is -3.21. The topological polar surface area (TPSA) is 71.5 Å². The SMILES string of the molecule is Cc1sc(-c2ccc(OC(F)(F)F)cc2)nc1C(=O)N1CCN(c2ncccn2)CC1. The van der Waals surface area contributed by atoms with Crippen molar-refractivity contribution in [2.75, 3.05) is 31.1 Å². The number of ether oxygens (including phenoxy) is 1. The predicted octanol–water partition coefficient (Wildman–Crippen LogP) is 3.77. The van der Waals surface area contributed by atoms with E-state index in [0.29, 0.717) is 48.4 Å². The Bertz CT molecular complexity index is 1050. The number of carbonyl (C=O) groups is 1. The minimum atomic E-state index is -4.74. The van der Waals surface area contributed by atoms with Crippen LogP contribution in [0.5, 0.6) is 5.75 Å². The van der Waals surface area contributed by atoms with Crippen LogP contribution in [0.15, 0.2) is 42.7 Å². The number of aromatic nitrogens is 3. The number of rotatable bonds is 4. The number of carbonyl (C=O) groups excluding carboxylic acids is 1. The van der Waals surface area contributed by atoms with Gasteiger partial charge in [-0.15, -0.1) is 24.5 Å². The molecule has 0 unspecified atom stereocenters. The molecule has 1 fully saturated rings. The lowest BCUT2D eigenvalue weighted by Gasteiger charge is -2.34. The summed E-state index contributed by atoms with van der Waals surface area (Å²) in [6.45, 7) is 4.09. The summed E-state index contributed by atoms with van der Waals surface area (Å²) in [6.07, 6.45) is -1.38. The molecule has 162 valence electrons. The molecule has 2 aromatic heterocycles. The third kappa shape index (κ3) is 4.93. The molecule has 1 amide bonds. The maximum absolute atomic E-state index is 13.0. The number of nitrogens with zero attached hydrogens (tertiary/aromatic N) is 5. The average Bonchev–Trinajstić information content (AvgIpc) is 3.15. The summed E-state index contributed by atoms with van der Waals surface area (Å²) in [5.41, 5.74) is 0.979. The van der Waals surface area contributed by atoms with Crippen molar-refractivity contribution in [3.63, 3.8) is 0 Å². The Morgan fingerprint density at radius 3 is 2.32 bits per heavy atom. The van der Waals surface area contributed by atoms with Gasteiger partial charge in [0.15, 0.2) is 0 Å². The monoisotopic (exact) mass is 449 g/mol. The van der Waals surface area contributed by atoms with E-state index in [0.717, 1.165) is 4.88 Å². The first-order valence-corrected chi connectivity index (χ1v) is 10.3. The van der Waals surface area contributed by atoms with Gasteiger partial charge in [-0.2, -0.15) is 0 Å². The van der Waals surface area contributed by atoms with Gasteiger partial charge in [-0.25, -0.2) is 15.0 Å². The third-order valence-corrected chi connectivity index (χ3v) is 5.76. The number of piperazine rings is 1.